The van der Waals surface area contributed by atoms with Gasteiger partial charge in [0, 0.05) is 0 Å². The molecule has 0 radical (unpaired) electrons. The highest BCUT2D eigenvalue weighted by Crippen LogP contribution is 2.39. The van der Waals surface area contributed by atoms with Crippen molar-refractivity contribution in [3.63, 3.8) is 0 Å². The van der Waals surface area contributed by atoms with Crippen LogP contribution in [-0.2, 0) is 4.79 Å². The number of aliphatic carboxylic acids is 1. The van der Waals surface area contributed by atoms with Crippen LogP contribution >= 0.6 is 0 Å². The van der Waals surface area contributed by atoms with E-state index in [-0.39, 0.29) is 5.92 Å². The molecule has 2 rings (SSSR count). The maximum absolute atomic E-state index is 11.2. The smallest absolute Gasteiger partial charge is 0.311 e. The predicted octanol–water partition coefficient (Wildman–Crippen LogP) is 2.96. The standard InChI is InChI=1S/C13H16O2/c1-9-5-7-11(8-6-9)12(13(14)15)10-3-2-4-10/h5-8,10,12H,2-4H2,1H3,(H,14,15). The molecule has 1 aliphatic rings. The van der Waals surface area contributed by atoms with Crippen LogP contribution in [0.25, 0.3) is 0 Å². The van der Waals surface area contributed by atoms with Crippen molar-refractivity contribution in [3.05, 3.63) is 35.4 Å². The molecule has 1 aliphatic carbocycles. The van der Waals surface area contributed by atoms with Crippen LogP contribution in [0.2, 0.25) is 0 Å². The number of hydrogen-bond donors (Lipinski definition) is 1. The Hall–Kier alpha value is -1.31. The van der Waals surface area contributed by atoms with Crippen LogP contribution in [0, 0.1) is 12.8 Å². The van der Waals surface area contributed by atoms with Gasteiger partial charge in [0.05, 0.1) is 5.92 Å². The topological polar surface area (TPSA) is 37.3 Å². The second-order valence-corrected chi connectivity index (χ2v) is 4.42. The number of carboxylic acid groups (broad SMARTS) is 1. The van der Waals surface area contributed by atoms with Crippen LogP contribution in [0.3, 0.4) is 0 Å². The average Bonchev–Trinajstić information content (AvgIpc) is 2.12. The summed E-state index contributed by atoms with van der Waals surface area (Å²) in [6, 6.07) is 7.88. The van der Waals surface area contributed by atoms with Crippen LogP contribution in [0.15, 0.2) is 24.3 Å². The maximum Gasteiger partial charge on any atom is 0.311 e. The first kappa shape index (κ1) is 10.2. The van der Waals surface area contributed by atoms with Gasteiger partial charge in [0.25, 0.3) is 0 Å². The van der Waals surface area contributed by atoms with Crippen molar-refractivity contribution in [2.45, 2.75) is 32.1 Å². The first-order valence-corrected chi connectivity index (χ1v) is 5.48. The van der Waals surface area contributed by atoms with Gasteiger partial charge in [0.1, 0.15) is 0 Å². The largest absolute Gasteiger partial charge is 0.481 e. The zero-order valence-electron chi connectivity index (χ0n) is 8.94. The fraction of sp³-hybridized carbons (Fsp3) is 0.462. The second-order valence-electron chi connectivity index (χ2n) is 4.42. The summed E-state index contributed by atoms with van der Waals surface area (Å²) in [5, 5.41) is 9.23. The summed E-state index contributed by atoms with van der Waals surface area (Å²) in [6.45, 7) is 2.02. The minimum atomic E-state index is -0.677. The van der Waals surface area contributed by atoms with E-state index >= 15 is 0 Å². The third-order valence-corrected chi connectivity index (χ3v) is 3.32. The average molecular weight is 204 g/mol. The predicted molar refractivity (Wildman–Crippen MR) is 58.9 cm³/mol. The Bertz CT molecular complexity index is 349. The minimum absolute atomic E-state index is 0.292. The molecule has 0 aliphatic heterocycles. The minimum Gasteiger partial charge on any atom is -0.481 e. The SMILES string of the molecule is Cc1ccc(C(C(=O)O)C2CCC2)cc1. The second kappa shape index (κ2) is 4.05. The number of carbonyl (C=O) groups is 1. The molecule has 1 N–H and O–H groups in total. The lowest BCUT2D eigenvalue weighted by atomic mass is 9.73. The van der Waals surface area contributed by atoms with E-state index in [9.17, 15) is 9.90 Å². The summed E-state index contributed by atoms with van der Waals surface area (Å²) in [4.78, 5) is 11.2. The molecule has 0 aromatic heterocycles. The van der Waals surface area contributed by atoms with Gasteiger partial charge in [-0.05, 0) is 31.2 Å². The molecule has 80 valence electrons. The molecule has 0 amide bonds. The molecule has 15 heavy (non-hydrogen) atoms. The molecule has 1 aromatic carbocycles. The molecule has 0 heterocycles. The molecule has 1 aromatic rings. The molecule has 1 unspecified atom stereocenters. The van der Waals surface area contributed by atoms with Crippen molar-refractivity contribution >= 4 is 5.97 Å². The van der Waals surface area contributed by atoms with Gasteiger partial charge in [-0.2, -0.15) is 0 Å². The summed E-state index contributed by atoms with van der Waals surface area (Å²) < 4.78 is 0. The quantitative estimate of drug-likeness (QED) is 0.821. The van der Waals surface area contributed by atoms with Crippen molar-refractivity contribution in [1.29, 1.82) is 0 Å². The van der Waals surface area contributed by atoms with Gasteiger partial charge in [-0.1, -0.05) is 36.2 Å². The molecule has 1 saturated carbocycles. The summed E-state index contributed by atoms with van der Waals surface area (Å²) in [5.41, 5.74) is 2.13. The third kappa shape index (κ3) is 2.04. The van der Waals surface area contributed by atoms with E-state index in [4.69, 9.17) is 0 Å². The fourth-order valence-corrected chi connectivity index (χ4v) is 2.16. The van der Waals surface area contributed by atoms with Crippen molar-refractivity contribution < 1.29 is 9.90 Å². The lowest BCUT2D eigenvalue weighted by molar-refractivity contribution is -0.141. The first-order chi connectivity index (χ1) is 7.18. The van der Waals surface area contributed by atoms with Gasteiger partial charge in [-0.3, -0.25) is 4.79 Å². The van der Waals surface area contributed by atoms with E-state index in [1.165, 1.54) is 12.0 Å². The monoisotopic (exact) mass is 204 g/mol. The maximum atomic E-state index is 11.2. The number of hydrogen-bond acceptors (Lipinski definition) is 1. The fourth-order valence-electron chi connectivity index (χ4n) is 2.16. The summed E-state index contributed by atoms with van der Waals surface area (Å²) >= 11 is 0. The third-order valence-electron chi connectivity index (χ3n) is 3.32. The van der Waals surface area contributed by atoms with Gasteiger partial charge in [-0.15, -0.1) is 0 Å². The van der Waals surface area contributed by atoms with Crippen molar-refractivity contribution in [3.8, 4) is 0 Å². The molecule has 0 saturated heterocycles. The van der Waals surface area contributed by atoms with E-state index in [1.54, 1.807) is 0 Å². The van der Waals surface area contributed by atoms with Gasteiger partial charge >= 0.3 is 5.97 Å². The van der Waals surface area contributed by atoms with Crippen molar-refractivity contribution in [2.75, 3.05) is 0 Å². The Morgan fingerprint density at radius 2 is 1.93 bits per heavy atom. The van der Waals surface area contributed by atoms with Crippen LogP contribution in [-0.4, -0.2) is 11.1 Å². The lowest BCUT2D eigenvalue weighted by Gasteiger charge is -2.31. The normalized spacial score (nSPS) is 18.2. The Kier molecular flexibility index (Phi) is 2.76. The number of carboxylic acids is 1. The molecular weight excluding hydrogens is 188 g/mol. The number of aryl methyl sites for hydroxylation is 1. The van der Waals surface area contributed by atoms with E-state index < -0.39 is 5.97 Å². The molecule has 2 nitrogen and oxygen atoms in total. The van der Waals surface area contributed by atoms with Crippen molar-refractivity contribution in [2.24, 2.45) is 5.92 Å². The summed E-state index contributed by atoms with van der Waals surface area (Å²) in [5.74, 6) is -0.617. The number of rotatable bonds is 3. The summed E-state index contributed by atoms with van der Waals surface area (Å²) in [7, 11) is 0. The zero-order chi connectivity index (χ0) is 10.8. The molecule has 0 spiro atoms. The summed E-state index contributed by atoms with van der Waals surface area (Å²) in [6.07, 6.45) is 3.30. The first-order valence-electron chi connectivity index (χ1n) is 5.48. The van der Waals surface area contributed by atoms with Gasteiger partial charge < -0.3 is 5.11 Å². The zero-order valence-corrected chi connectivity index (χ0v) is 8.94. The molecule has 2 heteroatoms. The Morgan fingerprint density at radius 1 is 1.33 bits per heavy atom. The highest BCUT2D eigenvalue weighted by atomic mass is 16.4. The Labute approximate surface area is 89.9 Å². The van der Waals surface area contributed by atoms with E-state index in [1.807, 2.05) is 31.2 Å². The number of benzene rings is 1. The molecular formula is C13H16O2. The van der Waals surface area contributed by atoms with Gasteiger partial charge in [0.2, 0.25) is 0 Å². The van der Waals surface area contributed by atoms with Crippen LogP contribution in [0.1, 0.15) is 36.3 Å². The Morgan fingerprint density at radius 3 is 2.33 bits per heavy atom. The molecule has 1 atom stereocenters. The lowest BCUT2D eigenvalue weighted by Crippen LogP contribution is -2.26. The van der Waals surface area contributed by atoms with Crippen LogP contribution < -0.4 is 0 Å². The Balaban J connectivity index is 2.23. The van der Waals surface area contributed by atoms with Crippen LogP contribution in [0.5, 0.6) is 0 Å². The van der Waals surface area contributed by atoms with Gasteiger partial charge in [-0.25, -0.2) is 0 Å². The highest BCUT2D eigenvalue weighted by molar-refractivity contribution is 5.76. The van der Waals surface area contributed by atoms with Gasteiger partial charge in [0.15, 0.2) is 0 Å². The molecule has 0 bridgehead atoms. The highest BCUT2D eigenvalue weighted by Gasteiger charge is 2.33. The van der Waals surface area contributed by atoms with Crippen molar-refractivity contribution in [1.82, 2.24) is 0 Å². The van der Waals surface area contributed by atoms with E-state index in [0.29, 0.717) is 5.92 Å². The molecule has 1 fully saturated rings. The van der Waals surface area contributed by atoms with E-state index in [0.717, 1.165) is 18.4 Å². The van der Waals surface area contributed by atoms with E-state index in [2.05, 4.69) is 0 Å². The van der Waals surface area contributed by atoms with Crippen LogP contribution in [0.4, 0.5) is 0 Å².